The SMILES string of the molecule is CC[C](=[Zr+2])c1ccccc1.Cc1cc(C(C)C)c(C)[cH-]1.[Cl-].[Cl-].[c-]1cccc2c1Cc1ccccc1-2. The third-order valence-corrected chi connectivity index (χ3v) is 7.58. The van der Waals surface area contributed by atoms with Crippen molar-refractivity contribution in [3.8, 4) is 11.1 Å². The quantitative estimate of drug-likeness (QED) is 0.288. The van der Waals surface area contributed by atoms with E-state index < -0.39 is 0 Å². The first-order valence-corrected chi connectivity index (χ1v) is 13.1. The van der Waals surface area contributed by atoms with Gasteiger partial charge in [-0.25, -0.2) is 6.07 Å². The second-order valence-electron chi connectivity index (χ2n) is 8.92. The molecule has 0 saturated heterocycles. The first kappa shape index (κ1) is 31.4. The summed E-state index contributed by atoms with van der Waals surface area (Å²) in [5, 5.41) is 0. The Kier molecular flexibility index (Phi) is 13.9. The van der Waals surface area contributed by atoms with Crippen molar-refractivity contribution in [2.75, 3.05) is 0 Å². The van der Waals surface area contributed by atoms with Crippen LogP contribution in [0.1, 0.15) is 66.5 Å². The van der Waals surface area contributed by atoms with Gasteiger partial charge in [-0.3, -0.25) is 0 Å². The van der Waals surface area contributed by atoms with Gasteiger partial charge in [-0.1, -0.05) is 69.0 Å². The van der Waals surface area contributed by atoms with Gasteiger partial charge in [-0.15, -0.1) is 5.56 Å². The molecule has 0 nitrogen and oxygen atoms in total. The average molecular weight is 581 g/mol. The smallest absolute Gasteiger partial charge is 0.0253 e. The normalized spacial score (nSPS) is 10.4. The summed E-state index contributed by atoms with van der Waals surface area (Å²) in [6.45, 7) is 11.0. The molecule has 1 aliphatic rings. The summed E-state index contributed by atoms with van der Waals surface area (Å²) in [7, 11) is 0. The van der Waals surface area contributed by atoms with E-state index in [4.69, 9.17) is 0 Å². The van der Waals surface area contributed by atoms with Crippen LogP contribution in [0, 0.1) is 19.9 Å². The summed E-state index contributed by atoms with van der Waals surface area (Å²) in [6.07, 6.45) is 2.23. The monoisotopic (exact) mass is 578 g/mol. The Morgan fingerprint density at radius 2 is 1.54 bits per heavy atom. The van der Waals surface area contributed by atoms with E-state index in [2.05, 4.69) is 120 Å². The third-order valence-electron chi connectivity index (χ3n) is 6.00. The molecule has 3 heteroatoms. The number of hydrogen-bond donors (Lipinski definition) is 0. The fraction of sp³-hybridized carbons (Fsp3) is 0.250. The topological polar surface area (TPSA) is 0 Å². The summed E-state index contributed by atoms with van der Waals surface area (Å²) in [5.41, 5.74) is 11.2. The van der Waals surface area contributed by atoms with Gasteiger partial charge < -0.3 is 24.8 Å². The Labute approximate surface area is 239 Å². The number of benzene rings is 3. The van der Waals surface area contributed by atoms with Gasteiger partial charge in [0, 0.05) is 0 Å². The van der Waals surface area contributed by atoms with Crippen molar-refractivity contribution in [2.45, 2.75) is 53.4 Å². The zero-order chi connectivity index (χ0) is 23.8. The molecule has 35 heavy (non-hydrogen) atoms. The van der Waals surface area contributed by atoms with E-state index in [-0.39, 0.29) is 24.8 Å². The van der Waals surface area contributed by atoms with E-state index in [1.165, 1.54) is 75.2 Å². The maximum Gasteiger partial charge on any atom is -0.0253 e. The van der Waals surface area contributed by atoms with E-state index in [1.54, 1.807) is 3.21 Å². The number of rotatable bonds is 3. The molecule has 0 bridgehead atoms. The fourth-order valence-electron chi connectivity index (χ4n) is 4.29. The maximum atomic E-state index is 3.30. The second kappa shape index (κ2) is 15.5. The maximum absolute atomic E-state index is 3.30. The third kappa shape index (κ3) is 8.75. The molecule has 0 unspecified atom stereocenters. The molecule has 0 heterocycles. The zero-order valence-corrected chi connectivity index (χ0v) is 25.3. The van der Waals surface area contributed by atoms with Crippen molar-refractivity contribution in [3.63, 3.8) is 0 Å². The molecule has 4 aromatic carbocycles. The molecule has 5 rings (SSSR count). The predicted molar refractivity (Wildman–Crippen MR) is 140 cm³/mol. The summed E-state index contributed by atoms with van der Waals surface area (Å²) in [5.74, 6) is 0.675. The molecule has 4 aromatic rings. The Hall–Kier alpha value is -1.66. The molecule has 0 aliphatic heterocycles. The Morgan fingerprint density at radius 1 is 0.914 bits per heavy atom. The van der Waals surface area contributed by atoms with Crippen LogP contribution in [0.3, 0.4) is 0 Å². The fourth-order valence-corrected chi connectivity index (χ4v) is 4.70. The van der Waals surface area contributed by atoms with Crippen LogP contribution in [0.5, 0.6) is 0 Å². The first-order valence-electron chi connectivity index (χ1n) is 11.8. The summed E-state index contributed by atoms with van der Waals surface area (Å²) < 4.78 is 1.55. The van der Waals surface area contributed by atoms with Crippen molar-refractivity contribution in [3.05, 3.63) is 124 Å². The van der Waals surface area contributed by atoms with Gasteiger partial charge in [0.15, 0.2) is 0 Å². The van der Waals surface area contributed by atoms with Crippen molar-refractivity contribution in [1.82, 2.24) is 0 Å². The minimum atomic E-state index is 0. The number of aryl methyl sites for hydroxylation is 2. The van der Waals surface area contributed by atoms with Gasteiger partial charge in [0.1, 0.15) is 0 Å². The van der Waals surface area contributed by atoms with Crippen molar-refractivity contribution in [2.24, 2.45) is 0 Å². The van der Waals surface area contributed by atoms with Crippen molar-refractivity contribution < 1.29 is 49.0 Å². The molecule has 0 amide bonds. The Balaban J connectivity index is 0.000000259. The summed E-state index contributed by atoms with van der Waals surface area (Å²) >= 11 is 1.54. The number of halogens is 2. The molecule has 1 aliphatic carbocycles. The summed E-state index contributed by atoms with van der Waals surface area (Å²) in [4.78, 5) is 0. The molecule has 0 N–H and O–H groups in total. The van der Waals surface area contributed by atoms with E-state index in [1.807, 2.05) is 6.07 Å². The van der Waals surface area contributed by atoms with E-state index in [9.17, 15) is 0 Å². The van der Waals surface area contributed by atoms with Gasteiger partial charge in [-0.2, -0.15) is 52.6 Å². The Bertz CT molecular complexity index is 1150. The number of hydrogen-bond acceptors (Lipinski definition) is 0. The molecular formula is C32H34Cl2Zr-2. The van der Waals surface area contributed by atoms with Crippen LogP contribution < -0.4 is 24.8 Å². The van der Waals surface area contributed by atoms with Crippen LogP contribution in [0.4, 0.5) is 0 Å². The van der Waals surface area contributed by atoms with Gasteiger partial charge in [0.25, 0.3) is 0 Å². The van der Waals surface area contributed by atoms with Crippen molar-refractivity contribution >= 4 is 3.21 Å². The minimum Gasteiger partial charge on any atom is -1.00 e. The molecule has 0 spiro atoms. The predicted octanol–water partition coefficient (Wildman–Crippen LogP) is 2.38. The molecule has 0 fully saturated rings. The van der Waals surface area contributed by atoms with Crippen LogP contribution in [0.15, 0.2) is 84.9 Å². The van der Waals surface area contributed by atoms with E-state index >= 15 is 0 Å². The van der Waals surface area contributed by atoms with Crippen LogP contribution >= 0.6 is 0 Å². The molecular weight excluding hydrogens is 546 g/mol. The summed E-state index contributed by atoms with van der Waals surface area (Å²) in [6, 6.07) is 33.2. The molecule has 0 atom stereocenters. The zero-order valence-electron chi connectivity index (χ0n) is 21.3. The van der Waals surface area contributed by atoms with Crippen LogP contribution in [-0.2, 0) is 30.7 Å². The van der Waals surface area contributed by atoms with Gasteiger partial charge in [-0.05, 0) is 6.42 Å². The largest absolute Gasteiger partial charge is 1.00 e. The molecule has 0 radical (unpaired) electrons. The minimum absolute atomic E-state index is 0. The molecule has 0 saturated carbocycles. The molecule has 182 valence electrons. The standard InChI is InChI=1S/C13H9.C10H15.C9H10.2ClH.Zr/c1-3-7-12-10(5-1)9-11-6-2-4-8-13(11)12;1-7(2)10-6-8(3)5-9(10)4;1-2-6-9-7-4-3-5-8-9;;;/h1-5,7-8H,9H2;5-7H,1-4H3;3-5,7-8H,2H2,1H3;2*1H;/q2*-1;;;;+2/p-2. The second-order valence-corrected chi connectivity index (χ2v) is 10.4. The van der Waals surface area contributed by atoms with Gasteiger partial charge in [0.05, 0.1) is 0 Å². The number of fused-ring (bicyclic) bond motifs is 3. The van der Waals surface area contributed by atoms with Crippen LogP contribution in [0.2, 0.25) is 0 Å². The average Bonchev–Trinajstić information content (AvgIpc) is 3.39. The van der Waals surface area contributed by atoms with Crippen LogP contribution in [-0.4, -0.2) is 3.21 Å². The Morgan fingerprint density at radius 3 is 2.11 bits per heavy atom. The van der Waals surface area contributed by atoms with E-state index in [0.717, 1.165) is 6.42 Å². The van der Waals surface area contributed by atoms with Crippen LogP contribution in [0.25, 0.3) is 11.1 Å². The molecule has 0 aromatic heterocycles. The van der Waals surface area contributed by atoms with Gasteiger partial charge in [0.2, 0.25) is 0 Å². The van der Waals surface area contributed by atoms with Crippen molar-refractivity contribution in [1.29, 1.82) is 0 Å². The first-order chi connectivity index (χ1) is 15.9. The van der Waals surface area contributed by atoms with E-state index in [0.29, 0.717) is 5.92 Å². The van der Waals surface area contributed by atoms with Gasteiger partial charge >= 0.3 is 76.7 Å².